The first-order valence-corrected chi connectivity index (χ1v) is 10.4. The number of nitrogens with zero attached hydrogens (tertiary/aromatic N) is 1. The van der Waals surface area contributed by atoms with Gasteiger partial charge in [-0.15, -0.1) is 0 Å². The molecule has 0 saturated carbocycles. The van der Waals surface area contributed by atoms with Gasteiger partial charge in [0.15, 0.2) is 0 Å². The molecule has 0 spiro atoms. The molecule has 5 nitrogen and oxygen atoms in total. The highest BCUT2D eigenvalue weighted by Gasteiger charge is 2.31. The summed E-state index contributed by atoms with van der Waals surface area (Å²) in [6.07, 6.45) is 8.26. The summed E-state index contributed by atoms with van der Waals surface area (Å²) >= 11 is 0. The van der Waals surface area contributed by atoms with E-state index in [2.05, 4.69) is 51.7 Å². The lowest BCUT2D eigenvalue weighted by molar-refractivity contribution is -0.122. The summed E-state index contributed by atoms with van der Waals surface area (Å²) in [6, 6.07) is 20.7. The third-order valence-electron chi connectivity index (χ3n) is 5.93. The molecule has 1 heterocycles. The highest BCUT2D eigenvalue weighted by Crippen LogP contribution is 2.36. The Hall–Kier alpha value is -3.28. The minimum atomic E-state index is -0.326. The zero-order valence-electron chi connectivity index (χ0n) is 16.6. The second-order valence-electron chi connectivity index (χ2n) is 7.81. The largest absolute Gasteiger partial charge is 0.271 e. The van der Waals surface area contributed by atoms with Crippen molar-refractivity contribution in [3.8, 4) is 0 Å². The molecule has 1 aliphatic carbocycles. The van der Waals surface area contributed by atoms with Gasteiger partial charge in [-0.05, 0) is 58.4 Å². The molecule has 0 radical (unpaired) electrons. The number of allylic oxidation sites excluding steroid dienone is 1. The van der Waals surface area contributed by atoms with E-state index in [1.807, 2.05) is 42.5 Å². The van der Waals surface area contributed by atoms with Crippen LogP contribution in [0.2, 0.25) is 0 Å². The lowest BCUT2D eigenvalue weighted by Gasteiger charge is -2.14. The summed E-state index contributed by atoms with van der Waals surface area (Å²) in [5.74, 6) is -0.139. The summed E-state index contributed by atoms with van der Waals surface area (Å²) in [4.78, 5) is 12.5. The Morgan fingerprint density at radius 2 is 1.80 bits per heavy atom. The van der Waals surface area contributed by atoms with Crippen molar-refractivity contribution < 1.29 is 4.79 Å². The first-order valence-electron chi connectivity index (χ1n) is 10.4. The molecule has 3 N–H and O–H groups in total. The fourth-order valence-electron chi connectivity index (χ4n) is 4.45. The summed E-state index contributed by atoms with van der Waals surface area (Å²) in [7, 11) is 0. The number of amides is 1. The highest BCUT2D eigenvalue weighted by atomic mass is 16.2. The van der Waals surface area contributed by atoms with Crippen molar-refractivity contribution >= 4 is 29.0 Å². The van der Waals surface area contributed by atoms with Crippen LogP contribution < -0.4 is 16.3 Å². The number of carbonyl (C=O) groups excluding carboxylic acids is 1. The van der Waals surface area contributed by atoms with Crippen LogP contribution in [0, 0.1) is 0 Å². The predicted molar refractivity (Wildman–Crippen MR) is 121 cm³/mol. The second-order valence-corrected chi connectivity index (χ2v) is 7.81. The van der Waals surface area contributed by atoms with Crippen molar-refractivity contribution in [2.75, 3.05) is 0 Å². The molecule has 1 aliphatic heterocycles. The van der Waals surface area contributed by atoms with Crippen molar-refractivity contribution in [2.45, 2.75) is 31.3 Å². The zero-order valence-corrected chi connectivity index (χ0v) is 16.6. The van der Waals surface area contributed by atoms with Crippen LogP contribution in [0.4, 0.5) is 0 Å². The van der Waals surface area contributed by atoms with Crippen molar-refractivity contribution in [3.05, 3.63) is 89.0 Å². The third-order valence-corrected chi connectivity index (χ3v) is 5.93. The number of hydrazine groups is 1. The normalized spacial score (nSPS) is 20.5. The van der Waals surface area contributed by atoms with Gasteiger partial charge >= 0.3 is 0 Å². The average Bonchev–Trinajstić information content (AvgIpc) is 3.43. The zero-order chi connectivity index (χ0) is 20.3. The molecule has 3 aromatic carbocycles. The molecule has 1 saturated heterocycles. The number of aryl methyl sites for hydroxylation is 2. The van der Waals surface area contributed by atoms with E-state index in [1.165, 1.54) is 27.5 Å². The number of nitrogens with one attached hydrogen (secondary N) is 3. The average molecular weight is 396 g/mol. The Labute approximate surface area is 175 Å². The van der Waals surface area contributed by atoms with Crippen LogP contribution in [0.5, 0.6) is 0 Å². The minimum Gasteiger partial charge on any atom is -0.271 e. The van der Waals surface area contributed by atoms with Crippen molar-refractivity contribution in [1.29, 1.82) is 0 Å². The van der Waals surface area contributed by atoms with E-state index in [4.69, 9.17) is 0 Å². The molecule has 2 unspecified atom stereocenters. The van der Waals surface area contributed by atoms with E-state index in [1.54, 1.807) is 6.21 Å². The van der Waals surface area contributed by atoms with Gasteiger partial charge in [0.25, 0.3) is 5.91 Å². The van der Waals surface area contributed by atoms with Gasteiger partial charge in [-0.2, -0.15) is 5.10 Å². The molecule has 2 atom stereocenters. The molecule has 0 bridgehead atoms. The van der Waals surface area contributed by atoms with Crippen LogP contribution in [0.15, 0.2) is 71.8 Å². The van der Waals surface area contributed by atoms with Crippen LogP contribution >= 0.6 is 0 Å². The maximum Gasteiger partial charge on any atom is 0.258 e. The van der Waals surface area contributed by atoms with Gasteiger partial charge in [0.1, 0.15) is 6.04 Å². The van der Waals surface area contributed by atoms with Crippen LogP contribution in [-0.4, -0.2) is 18.2 Å². The fraction of sp³-hybridized carbons (Fsp3) is 0.200. The van der Waals surface area contributed by atoms with Gasteiger partial charge in [-0.1, -0.05) is 66.7 Å². The monoisotopic (exact) mass is 396 g/mol. The van der Waals surface area contributed by atoms with Gasteiger partial charge in [0, 0.05) is 12.3 Å². The van der Waals surface area contributed by atoms with E-state index in [0.717, 1.165) is 18.4 Å². The minimum absolute atomic E-state index is 0.0904. The molecular formula is C25H24N4O. The number of carbonyl (C=O) groups is 1. The Balaban J connectivity index is 1.22. The highest BCUT2D eigenvalue weighted by molar-refractivity contribution is 5.93. The second kappa shape index (κ2) is 8.22. The smallest absolute Gasteiger partial charge is 0.258 e. The lowest BCUT2D eigenvalue weighted by atomic mass is 9.93. The van der Waals surface area contributed by atoms with Gasteiger partial charge in [-0.25, -0.2) is 16.3 Å². The molecule has 150 valence electrons. The summed E-state index contributed by atoms with van der Waals surface area (Å²) in [5.41, 5.74) is 14.3. The van der Waals surface area contributed by atoms with E-state index in [-0.39, 0.29) is 18.0 Å². The Morgan fingerprint density at radius 3 is 2.67 bits per heavy atom. The van der Waals surface area contributed by atoms with Crippen molar-refractivity contribution in [1.82, 2.24) is 16.3 Å². The fourth-order valence-corrected chi connectivity index (χ4v) is 4.45. The lowest BCUT2D eigenvalue weighted by Crippen LogP contribution is -2.41. The Bertz CT molecular complexity index is 1130. The molecule has 5 rings (SSSR count). The number of hydrogen-bond donors (Lipinski definition) is 3. The molecule has 5 heteroatoms. The van der Waals surface area contributed by atoms with E-state index >= 15 is 0 Å². The SMILES string of the molecule is O=C(N/N=C/C=C\c1ccccc1)C1CC(c2ccc3c4c(cccc24)CC3)NN1. The van der Waals surface area contributed by atoms with Gasteiger partial charge in [-0.3, -0.25) is 4.79 Å². The van der Waals surface area contributed by atoms with E-state index in [0.29, 0.717) is 6.42 Å². The molecule has 1 amide bonds. The quantitative estimate of drug-likeness (QED) is 0.456. The van der Waals surface area contributed by atoms with Crippen molar-refractivity contribution in [3.63, 3.8) is 0 Å². The first kappa shape index (κ1) is 18.7. The summed E-state index contributed by atoms with van der Waals surface area (Å²) < 4.78 is 0. The van der Waals surface area contributed by atoms with Gasteiger partial charge < -0.3 is 0 Å². The number of rotatable bonds is 5. The number of hydrogen-bond acceptors (Lipinski definition) is 4. The van der Waals surface area contributed by atoms with E-state index in [9.17, 15) is 4.79 Å². The van der Waals surface area contributed by atoms with Crippen LogP contribution in [0.1, 0.15) is 34.7 Å². The maximum atomic E-state index is 12.5. The maximum absolute atomic E-state index is 12.5. The van der Waals surface area contributed by atoms with Crippen molar-refractivity contribution in [2.24, 2.45) is 5.10 Å². The molecule has 1 fully saturated rings. The van der Waals surface area contributed by atoms with Crippen LogP contribution in [0.3, 0.4) is 0 Å². The first-order chi connectivity index (χ1) is 14.8. The van der Waals surface area contributed by atoms with Crippen LogP contribution in [0.25, 0.3) is 16.8 Å². The third kappa shape index (κ3) is 3.65. The number of benzene rings is 3. The molecule has 0 aromatic heterocycles. The van der Waals surface area contributed by atoms with Gasteiger partial charge in [0.05, 0.1) is 0 Å². The topological polar surface area (TPSA) is 65.5 Å². The molecular weight excluding hydrogens is 372 g/mol. The summed E-state index contributed by atoms with van der Waals surface area (Å²) in [5, 5.41) is 6.73. The predicted octanol–water partition coefficient (Wildman–Crippen LogP) is 3.66. The molecule has 30 heavy (non-hydrogen) atoms. The van der Waals surface area contributed by atoms with Gasteiger partial charge in [0.2, 0.25) is 0 Å². The van der Waals surface area contributed by atoms with E-state index < -0.39 is 0 Å². The Kier molecular flexibility index (Phi) is 5.13. The molecule has 2 aliphatic rings. The van der Waals surface area contributed by atoms with Crippen LogP contribution in [-0.2, 0) is 17.6 Å². The Morgan fingerprint density at radius 1 is 0.967 bits per heavy atom. The summed E-state index contributed by atoms with van der Waals surface area (Å²) in [6.45, 7) is 0. The molecule has 3 aromatic rings. The number of hydrazone groups is 1. The standard InChI is InChI=1S/C25H24N4O/c30-25(29-26-15-5-8-17-6-2-1-3-7-17)23-16-22(27-28-23)20-14-13-19-12-11-18-9-4-10-21(20)24(18)19/h1-10,13-15,22-23,27-28H,11-12,16H2,(H,29,30)/b8-5-,26-15+.